The first-order chi connectivity index (χ1) is 22.9. The molecule has 0 bridgehead atoms. The van der Waals surface area contributed by atoms with Gasteiger partial charge in [0.2, 0.25) is 0 Å². The smallest absolute Gasteiger partial charge is 0.340 e. The van der Waals surface area contributed by atoms with E-state index in [1.165, 1.54) is 11.1 Å². The molecule has 1 aliphatic heterocycles. The Morgan fingerprint density at radius 2 is 1.88 bits per heavy atom. The Morgan fingerprint density at radius 3 is 2.54 bits per heavy atom. The molecule has 48 heavy (non-hydrogen) atoms. The summed E-state index contributed by atoms with van der Waals surface area (Å²) in [6.45, 7) is 21.5. The zero-order valence-corrected chi connectivity index (χ0v) is 30.1. The topological polar surface area (TPSA) is 91.1 Å². The summed E-state index contributed by atoms with van der Waals surface area (Å²) in [7, 11) is 0. The molecular formula is C38H49N5O4S. The van der Waals surface area contributed by atoms with E-state index in [1.807, 2.05) is 50.5 Å². The van der Waals surface area contributed by atoms with Crippen LogP contribution in [-0.2, 0) is 31.8 Å². The van der Waals surface area contributed by atoms with Crippen molar-refractivity contribution < 1.29 is 19.0 Å². The molecule has 0 saturated carbocycles. The summed E-state index contributed by atoms with van der Waals surface area (Å²) in [5, 5.41) is 5.93. The minimum Gasteiger partial charge on any atom is -0.464 e. The quantitative estimate of drug-likeness (QED) is 0.0989. The van der Waals surface area contributed by atoms with Gasteiger partial charge in [0.25, 0.3) is 0 Å². The van der Waals surface area contributed by atoms with E-state index in [0.717, 1.165) is 53.5 Å². The van der Waals surface area contributed by atoms with Gasteiger partial charge < -0.3 is 19.1 Å². The molecule has 0 aliphatic carbocycles. The van der Waals surface area contributed by atoms with E-state index in [0.29, 0.717) is 36.6 Å². The lowest BCUT2D eigenvalue weighted by atomic mass is 9.92. The maximum atomic E-state index is 13.6. The van der Waals surface area contributed by atoms with Gasteiger partial charge in [-0.2, -0.15) is 9.61 Å². The SMILES string of the molecule is C=CCCc1ccccc1Cc1cnc(-c2cc3nc(C)c(C(OC(C)(C)C)C(=O)OCC)c(N4CCC(C)(OCC=C)CC4)n3n2)s1. The summed E-state index contributed by atoms with van der Waals surface area (Å²) in [6.07, 6.45) is 9.02. The number of benzene rings is 1. The molecule has 0 N–H and O–H groups in total. The molecule has 5 rings (SSSR count). The first kappa shape index (κ1) is 35.4. The maximum absolute atomic E-state index is 13.6. The number of hydrogen-bond donors (Lipinski definition) is 0. The number of aromatic nitrogens is 4. The number of nitrogens with zero attached hydrogens (tertiary/aromatic N) is 5. The molecule has 1 saturated heterocycles. The van der Waals surface area contributed by atoms with Crippen LogP contribution in [0.25, 0.3) is 16.3 Å². The van der Waals surface area contributed by atoms with E-state index in [9.17, 15) is 4.79 Å². The van der Waals surface area contributed by atoms with Gasteiger partial charge in [-0.3, -0.25) is 0 Å². The molecule has 10 heteroatoms. The van der Waals surface area contributed by atoms with E-state index in [2.05, 4.69) is 49.2 Å². The monoisotopic (exact) mass is 671 g/mol. The molecule has 4 heterocycles. The van der Waals surface area contributed by atoms with Gasteiger partial charge in [0, 0.05) is 42.3 Å². The third-order valence-corrected chi connectivity index (χ3v) is 9.60. The van der Waals surface area contributed by atoms with Crippen molar-refractivity contribution in [3.8, 4) is 10.7 Å². The van der Waals surface area contributed by atoms with E-state index >= 15 is 0 Å². The van der Waals surface area contributed by atoms with E-state index in [-0.39, 0.29) is 12.2 Å². The van der Waals surface area contributed by atoms with Gasteiger partial charge >= 0.3 is 5.97 Å². The molecule has 9 nitrogen and oxygen atoms in total. The van der Waals surface area contributed by atoms with Gasteiger partial charge in [0.1, 0.15) is 16.5 Å². The third kappa shape index (κ3) is 8.22. The number of rotatable bonds is 14. The number of hydrogen-bond acceptors (Lipinski definition) is 9. The molecule has 1 unspecified atom stereocenters. The van der Waals surface area contributed by atoms with Crippen LogP contribution >= 0.6 is 11.3 Å². The molecular weight excluding hydrogens is 623 g/mol. The standard InChI is InChI=1S/C38H49N5O4S/c1-9-12-15-27-16-13-14-17-28(27)23-29-25-39-34(48-29)30-24-31-40-26(4)32(33(36(44)45-11-3)47-37(5,6)7)35(43(31)41-30)42-20-18-38(8,19-21-42)46-22-10-2/h9-10,13-14,16-17,24-25,33H,1-2,11-12,15,18-23H2,3-8H3. The number of ether oxygens (including phenoxy) is 3. The fraction of sp³-hybridized carbons (Fsp3) is 0.474. The summed E-state index contributed by atoms with van der Waals surface area (Å²) in [5.41, 5.74) is 4.51. The van der Waals surface area contributed by atoms with Gasteiger partial charge in [0.05, 0.1) is 30.0 Å². The van der Waals surface area contributed by atoms with Crippen LogP contribution in [0.1, 0.15) is 87.2 Å². The van der Waals surface area contributed by atoms with Crippen molar-refractivity contribution in [2.45, 2.75) is 91.0 Å². The molecule has 1 atom stereocenters. The average Bonchev–Trinajstić information content (AvgIpc) is 3.69. The summed E-state index contributed by atoms with van der Waals surface area (Å²) in [4.78, 5) is 26.8. The molecule has 0 amide bonds. The summed E-state index contributed by atoms with van der Waals surface area (Å²) >= 11 is 1.64. The predicted molar refractivity (Wildman–Crippen MR) is 193 cm³/mol. The van der Waals surface area contributed by atoms with Crippen LogP contribution in [0.2, 0.25) is 0 Å². The molecule has 256 valence electrons. The van der Waals surface area contributed by atoms with Crippen molar-refractivity contribution in [1.29, 1.82) is 0 Å². The van der Waals surface area contributed by atoms with Crippen molar-refractivity contribution in [1.82, 2.24) is 19.6 Å². The number of carbonyl (C=O) groups is 1. The number of aryl methyl sites for hydroxylation is 2. The molecule has 1 aliphatic rings. The fourth-order valence-corrected chi connectivity index (χ4v) is 7.04. The molecule has 1 aromatic carbocycles. The highest BCUT2D eigenvalue weighted by Gasteiger charge is 2.38. The van der Waals surface area contributed by atoms with Crippen molar-refractivity contribution in [2.24, 2.45) is 0 Å². The summed E-state index contributed by atoms with van der Waals surface area (Å²) in [5.74, 6) is 0.337. The molecule has 4 aromatic rings. The summed E-state index contributed by atoms with van der Waals surface area (Å²) < 4.78 is 20.0. The predicted octanol–water partition coefficient (Wildman–Crippen LogP) is 7.85. The molecule has 0 radical (unpaired) electrons. The van der Waals surface area contributed by atoms with Gasteiger partial charge in [0.15, 0.2) is 11.8 Å². The van der Waals surface area contributed by atoms with Crippen LogP contribution in [0.5, 0.6) is 0 Å². The van der Waals surface area contributed by atoms with Gasteiger partial charge in [-0.05, 0) is 78.4 Å². The highest BCUT2D eigenvalue weighted by atomic mass is 32.1. The lowest BCUT2D eigenvalue weighted by molar-refractivity contribution is -0.166. The van der Waals surface area contributed by atoms with Crippen LogP contribution in [0.4, 0.5) is 5.82 Å². The number of carbonyl (C=O) groups excluding carboxylic acids is 1. The van der Waals surface area contributed by atoms with Gasteiger partial charge in [-0.15, -0.1) is 24.5 Å². The Hall–Kier alpha value is -3.86. The number of thiazole rings is 1. The Balaban J connectivity index is 1.57. The average molecular weight is 672 g/mol. The van der Waals surface area contributed by atoms with Crippen LogP contribution in [0.15, 0.2) is 61.8 Å². The van der Waals surface area contributed by atoms with Crippen LogP contribution in [0.3, 0.4) is 0 Å². The Bertz CT molecular complexity index is 1750. The number of allylic oxidation sites excluding steroid dienone is 1. The zero-order chi connectivity index (χ0) is 34.5. The largest absolute Gasteiger partial charge is 0.464 e. The highest BCUT2D eigenvalue weighted by Crippen LogP contribution is 2.39. The van der Waals surface area contributed by atoms with Crippen molar-refractivity contribution in [2.75, 3.05) is 31.2 Å². The van der Waals surface area contributed by atoms with Gasteiger partial charge in [-0.25, -0.2) is 14.8 Å². The normalized spacial score (nSPS) is 15.4. The Morgan fingerprint density at radius 1 is 1.15 bits per heavy atom. The number of fused-ring (bicyclic) bond motifs is 1. The molecule has 1 fully saturated rings. The van der Waals surface area contributed by atoms with Crippen molar-refractivity contribution >= 4 is 28.8 Å². The molecule has 3 aromatic heterocycles. The van der Waals surface area contributed by atoms with Crippen molar-refractivity contribution in [3.63, 3.8) is 0 Å². The first-order valence-corrected chi connectivity index (χ1v) is 17.6. The van der Waals surface area contributed by atoms with Gasteiger partial charge in [-0.1, -0.05) is 36.4 Å². The van der Waals surface area contributed by atoms with Crippen LogP contribution in [0, 0.1) is 6.92 Å². The highest BCUT2D eigenvalue weighted by molar-refractivity contribution is 7.15. The second kappa shape index (κ2) is 15.1. The lowest BCUT2D eigenvalue weighted by Gasteiger charge is -2.41. The zero-order valence-electron chi connectivity index (χ0n) is 29.3. The Kier molecular flexibility index (Phi) is 11.2. The van der Waals surface area contributed by atoms with Crippen molar-refractivity contribution in [3.05, 3.63) is 89.1 Å². The fourth-order valence-electron chi connectivity index (χ4n) is 6.15. The first-order valence-electron chi connectivity index (χ1n) is 16.8. The maximum Gasteiger partial charge on any atom is 0.340 e. The van der Waals surface area contributed by atoms with Crippen LogP contribution < -0.4 is 4.90 Å². The lowest BCUT2D eigenvalue weighted by Crippen LogP contribution is -2.45. The summed E-state index contributed by atoms with van der Waals surface area (Å²) in [6, 6.07) is 10.5. The van der Waals surface area contributed by atoms with E-state index in [4.69, 9.17) is 29.3 Å². The number of esters is 1. The Labute approximate surface area is 288 Å². The number of piperidine rings is 1. The van der Waals surface area contributed by atoms with E-state index in [1.54, 1.807) is 24.3 Å². The minimum atomic E-state index is -0.984. The molecule has 0 spiro atoms. The van der Waals surface area contributed by atoms with Crippen LogP contribution in [-0.4, -0.2) is 63.1 Å². The minimum absolute atomic E-state index is 0.243. The second-order valence-corrected chi connectivity index (χ2v) is 14.7. The number of anilines is 1. The second-order valence-electron chi connectivity index (χ2n) is 13.5. The third-order valence-electron chi connectivity index (χ3n) is 8.58. The van der Waals surface area contributed by atoms with E-state index < -0.39 is 17.7 Å².